The topological polar surface area (TPSA) is 210 Å². The van der Waals surface area contributed by atoms with Crippen LogP contribution < -0.4 is 21.3 Å². The van der Waals surface area contributed by atoms with Crippen LogP contribution >= 0.6 is 0 Å². The number of nitrogens with zero attached hydrogens (tertiary/aromatic N) is 2. The van der Waals surface area contributed by atoms with Gasteiger partial charge in [-0.15, -0.1) is 0 Å². The van der Waals surface area contributed by atoms with Gasteiger partial charge in [0, 0.05) is 64.0 Å². The maximum Gasteiger partial charge on any atom is 0.407 e. The Morgan fingerprint density at radius 2 is 1.30 bits per heavy atom. The second-order valence-electron chi connectivity index (χ2n) is 8.22. The Morgan fingerprint density at radius 1 is 0.750 bits per heavy atom. The van der Waals surface area contributed by atoms with Crippen LogP contribution in [0.15, 0.2) is 24.3 Å². The summed E-state index contributed by atoms with van der Waals surface area (Å²) in [4.78, 5) is 92.4. The highest BCUT2D eigenvalue weighted by atomic mass is 16.5. The van der Waals surface area contributed by atoms with Crippen LogP contribution in [0.25, 0.3) is 0 Å². The summed E-state index contributed by atoms with van der Waals surface area (Å²) >= 11 is 0. The normalized spacial score (nSPS) is 14.4. The summed E-state index contributed by atoms with van der Waals surface area (Å²) in [5.41, 5.74) is 0. The molecule has 1 atom stereocenters. The molecular weight excluding hydrogens is 532 g/mol. The Kier molecular flexibility index (Phi) is 14.7. The number of ether oxygens (including phenoxy) is 2. The molecule has 0 aliphatic carbocycles. The Morgan fingerprint density at radius 3 is 1.82 bits per heavy atom. The second kappa shape index (κ2) is 17.7. The van der Waals surface area contributed by atoms with Gasteiger partial charge in [0.05, 0.1) is 14.2 Å². The lowest BCUT2D eigenvalue weighted by Crippen LogP contribution is -2.48. The van der Waals surface area contributed by atoms with Crippen molar-refractivity contribution >= 4 is 47.6 Å². The average Bonchev–Trinajstić information content (AvgIpc) is 3.42. The van der Waals surface area contributed by atoms with E-state index in [1.807, 2.05) is 0 Å². The highest BCUT2D eigenvalue weighted by Crippen LogP contribution is 2.04. The number of carbonyl (C=O) groups is 8. The summed E-state index contributed by atoms with van der Waals surface area (Å²) in [7, 11) is 3.88. The molecule has 2 aliphatic heterocycles. The van der Waals surface area contributed by atoms with Gasteiger partial charge in [-0.25, -0.2) is 9.59 Å². The zero-order valence-corrected chi connectivity index (χ0v) is 22.5. The molecule has 0 fully saturated rings. The fourth-order valence-corrected chi connectivity index (χ4v) is 3.14. The molecule has 0 radical (unpaired) electrons. The summed E-state index contributed by atoms with van der Waals surface area (Å²) in [6, 6.07) is -0.851. The summed E-state index contributed by atoms with van der Waals surface area (Å²) in [5.74, 6) is -2.23. The molecule has 220 valence electrons. The Hall–Kier alpha value is -4.76. The minimum absolute atomic E-state index is 0.0290. The summed E-state index contributed by atoms with van der Waals surface area (Å²) in [6.45, 7) is 0.560. The molecule has 0 aromatic heterocycles. The van der Waals surface area contributed by atoms with E-state index in [1.165, 1.54) is 33.4 Å². The number of hydrogen-bond donors (Lipinski definition) is 4. The van der Waals surface area contributed by atoms with E-state index in [4.69, 9.17) is 0 Å². The van der Waals surface area contributed by atoms with E-state index in [9.17, 15) is 38.4 Å². The van der Waals surface area contributed by atoms with E-state index in [0.29, 0.717) is 25.8 Å². The molecule has 2 heterocycles. The molecule has 0 spiro atoms. The molecule has 40 heavy (non-hydrogen) atoms. The Balaban J connectivity index is 0.000000850. The molecule has 0 saturated carbocycles. The van der Waals surface area contributed by atoms with Crippen molar-refractivity contribution in [2.75, 3.05) is 47.4 Å². The molecule has 0 aromatic rings. The van der Waals surface area contributed by atoms with Gasteiger partial charge >= 0.3 is 12.2 Å². The van der Waals surface area contributed by atoms with E-state index in [0.717, 1.165) is 22.0 Å². The van der Waals surface area contributed by atoms with Gasteiger partial charge in [0.25, 0.3) is 23.6 Å². The third-order valence-corrected chi connectivity index (χ3v) is 5.41. The third-order valence-electron chi connectivity index (χ3n) is 5.41. The third kappa shape index (κ3) is 12.2. The van der Waals surface area contributed by atoms with Crippen molar-refractivity contribution in [2.45, 2.75) is 31.7 Å². The van der Waals surface area contributed by atoms with Gasteiger partial charge < -0.3 is 30.7 Å². The number of methoxy groups -OCH3 is 2. The predicted molar refractivity (Wildman–Crippen MR) is 137 cm³/mol. The lowest BCUT2D eigenvalue weighted by atomic mass is 10.1. The van der Waals surface area contributed by atoms with Crippen molar-refractivity contribution in [3.05, 3.63) is 24.3 Å². The zero-order chi connectivity index (χ0) is 30.1. The van der Waals surface area contributed by atoms with Crippen LogP contribution in [0.2, 0.25) is 0 Å². The van der Waals surface area contributed by atoms with Crippen molar-refractivity contribution in [1.29, 1.82) is 0 Å². The van der Waals surface area contributed by atoms with Crippen LogP contribution in [0.3, 0.4) is 0 Å². The first-order valence-electron chi connectivity index (χ1n) is 12.2. The van der Waals surface area contributed by atoms with E-state index in [-0.39, 0.29) is 43.8 Å². The molecule has 0 aromatic carbocycles. The smallest absolute Gasteiger partial charge is 0.407 e. The molecule has 0 saturated heterocycles. The molecule has 2 aliphatic rings. The number of unbranched alkanes of at least 4 members (excludes halogenated alkanes) is 1. The number of amides is 8. The molecular formula is C24H34N6O10. The standard InChI is InChI=1S/C19H29N5O8.C5H5NO2/c1-31-18(29)22-9-4-3-5-13(23-19(30)32-2)17(28)21-11-10-20-14(25)8-12-24-15(26)6-7-16(24)27;1-6-4(7)2-3-5(6)8/h6-7,13H,3-5,8-12H2,1-2H3,(H,20,25)(H,21,28)(H,22,29)(H,23,30);2-3H,1H3. The van der Waals surface area contributed by atoms with E-state index < -0.39 is 35.9 Å². The molecule has 2 rings (SSSR count). The van der Waals surface area contributed by atoms with Gasteiger partial charge in [-0.2, -0.15) is 0 Å². The van der Waals surface area contributed by atoms with Crippen LogP contribution in [0.5, 0.6) is 0 Å². The van der Waals surface area contributed by atoms with Crippen LogP contribution in [0.4, 0.5) is 9.59 Å². The first kappa shape index (κ1) is 33.3. The fourth-order valence-electron chi connectivity index (χ4n) is 3.14. The maximum absolute atomic E-state index is 12.4. The van der Waals surface area contributed by atoms with Crippen molar-refractivity contribution in [2.24, 2.45) is 0 Å². The summed E-state index contributed by atoms with van der Waals surface area (Å²) in [6.07, 6.45) is 4.83. The summed E-state index contributed by atoms with van der Waals surface area (Å²) < 4.78 is 8.98. The Bertz CT molecular complexity index is 1010. The van der Waals surface area contributed by atoms with Crippen molar-refractivity contribution in [1.82, 2.24) is 31.1 Å². The monoisotopic (exact) mass is 566 g/mol. The molecule has 16 heteroatoms. The van der Waals surface area contributed by atoms with Gasteiger partial charge in [0.2, 0.25) is 11.8 Å². The lowest BCUT2D eigenvalue weighted by Gasteiger charge is -2.18. The predicted octanol–water partition coefficient (Wildman–Crippen LogP) is -1.67. The number of rotatable bonds is 13. The van der Waals surface area contributed by atoms with Gasteiger partial charge in [0.15, 0.2) is 0 Å². The average molecular weight is 567 g/mol. The molecule has 1 unspecified atom stereocenters. The SMILES string of the molecule is CN1C(=O)C=CC1=O.COC(=O)NCCCCC(NC(=O)OC)C(=O)NCCNC(=O)CCN1C(=O)C=CC1=O. The van der Waals surface area contributed by atoms with Crippen molar-refractivity contribution < 1.29 is 47.8 Å². The zero-order valence-electron chi connectivity index (χ0n) is 22.5. The number of carbonyl (C=O) groups excluding carboxylic acids is 8. The van der Waals surface area contributed by atoms with E-state index in [1.54, 1.807) is 0 Å². The number of likely N-dealkylation sites (N-methyl/N-ethyl adjacent to an activating group) is 1. The van der Waals surface area contributed by atoms with Gasteiger partial charge in [-0.1, -0.05) is 0 Å². The number of imide groups is 2. The minimum Gasteiger partial charge on any atom is -0.453 e. The van der Waals surface area contributed by atoms with Crippen molar-refractivity contribution in [3.8, 4) is 0 Å². The lowest BCUT2D eigenvalue weighted by molar-refractivity contribution is -0.138. The molecule has 8 amide bonds. The number of alkyl carbamates (subject to hydrolysis) is 2. The Labute approximate surface area is 230 Å². The minimum atomic E-state index is -0.851. The van der Waals surface area contributed by atoms with Crippen LogP contribution in [0.1, 0.15) is 25.7 Å². The maximum atomic E-state index is 12.4. The van der Waals surface area contributed by atoms with E-state index >= 15 is 0 Å². The van der Waals surface area contributed by atoms with Crippen molar-refractivity contribution in [3.63, 3.8) is 0 Å². The number of hydrogen-bond acceptors (Lipinski definition) is 10. The first-order valence-corrected chi connectivity index (χ1v) is 12.2. The molecule has 0 bridgehead atoms. The van der Waals surface area contributed by atoms with Gasteiger partial charge in [-0.05, 0) is 19.3 Å². The van der Waals surface area contributed by atoms with Gasteiger partial charge in [-0.3, -0.25) is 38.6 Å². The number of nitrogens with one attached hydrogen (secondary N) is 4. The fraction of sp³-hybridized carbons (Fsp3) is 0.500. The van der Waals surface area contributed by atoms with Gasteiger partial charge in [0.1, 0.15) is 6.04 Å². The second-order valence-corrected chi connectivity index (χ2v) is 8.22. The van der Waals surface area contributed by atoms with Crippen LogP contribution in [0, 0.1) is 0 Å². The molecule has 16 nitrogen and oxygen atoms in total. The quantitative estimate of drug-likeness (QED) is 0.147. The largest absolute Gasteiger partial charge is 0.453 e. The van der Waals surface area contributed by atoms with Crippen LogP contribution in [-0.4, -0.2) is 111 Å². The van der Waals surface area contributed by atoms with Crippen LogP contribution in [-0.2, 0) is 38.2 Å². The summed E-state index contributed by atoms with van der Waals surface area (Å²) in [5, 5.41) is 10.1. The highest BCUT2D eigenvalue weighted by molar-refractivity contribution is 6.13. The first-order chi connectivity index (χ1) is 19.0. The van der Waals surface area contributed by atoms with E-state index in [2.05, 4.69) is 30.7 Å². The molecule has 4 N–H and O–H groups in total. The highest BCUT2D eigenvalue weighted by Gasteiger charge is 2.24.